The third-order valence-corrected chi connectivity index (χ3v) is 3.21. The predicted molar refractivity (Wildman–Crippen MR) is 62.1 cm³/mol. The second kappa shape index (κ2) is 5.61. The Labute approximate surface area is 97.0 Å². The van der Waals surface area contributed by atoms with Crippen LogP contribution in [0, 0.1) is 10.1 Å². The summed E-state index contributed by atoms with van der Waals surface area (Å²) >= 11 is 1.34. The largest absolute Gasteiger partial charge is 0.319 e. The zero-order chi connectivity index (χ0) is 12.1. The molecule has 7 nitrogen and oxygen atoms in total. The van der Waals surface area contributed by atoms with Crippen molar-refractivity contribution in [2.24, 2.45) is 5.84 Å². The molecule has 0 aliphatic carbocycles. The van der Waals surface area contributed by atoms with Crippen LogP contribution in [0.5, 0.6) is 0 Å². The van der Waals surface area contributed by atoms with Crippen molar-refractivity contribution in [1.29, 1.82) is 0 Å². The van der Waals surface area contributed by atoms with Gasteiger partial charge < -0.3 is 0 Å². The van der Waals surface area contributed by atoms with Crippen LogP contribution in [0.3, 0.4) is 0 Å². The minimum Gasteiger partial charge on any atom is -0.292 e. The zero-order valence-electron chi connectivity index (χ0n) is 9.01. The fourth-order valence-electron chi connectivity index (χ4n) is 0.915. The first-order valence-electron chi connectivity index (χ1n) is 4.73. The van der Waals surface area contributed by atoms with Gasteiger partial charge in [0.2, 0.25) is 5.95 Å². The molecule has 1 aromatic rings. The van der Waals surface area contributed by atoms with Crippen LogP contribution in [0.25, 0.3) is 0 Å². The number of hydrogen-bond acceptors (Lipinski definition) is 7. The van der Waals surface area contributed by atoms with Gasteiger partial charge in [0, 0.05) is 5.25 Å². The monoisotopic (exact) mass is 243 g/mol. The molecule has 1 unspecified atom stereocenters. The van der Waals surface area contributed by atoms with Gasteiger partial charge in [-0.15, -0.1) is 0 Å². The minimum atomic E-state index is -0.495. The van der Waals surface area contributed by atoms with Crippen LogP contribution >= 0.6 is 11.8 Å². The Morgan fingerprint density at radius 2 is 2.44 bits per heavy atom. The SMILES string of the molecule is CCC(C)Sc1nc(NN)ncc1[N+](=O)[O-]. The maximum Gasteiger partial charge on any atom is 0.319 e. The number of hydrogen-bond donors (Lipinski definition) is 2. The highest BCUT2D eigenvalue weighted by Gasteiger charge is 2.19. The lowest BCUT2D eigenvalue weighted by molar-refractivity contribution is -0.388. The summed E-state index contributed by atoms with van der Waals surface area (Å²) in [4.78, 5) is 17.9. The molecule has 1 atom stereocenters. The van der Waals surface area contributed by atoms with Crippen molar-refractivity contribution in [3.8, 4) is 0 Å². The molecule has 1 rings (SSSR count). The predicted octanol–water partition coefficient (Wildman–Crippen LogP) is 1.56. The first kappa shape index (κ1) is 12.7. The number of nitrogens with two attached hydrogens (primary N) is 1. The Balaban J connectivity index is 3.05. The van der Waals surface area contributed by atoms with Gasteiger partial charge in [0.15, 0.2) is 5.03 Å². The van der Waals surface area contributed by atoms with Crippen LogP contribution in [0.1, 0.15) is 20.3 Å². The van der Waals surface area contributed by atoms with Gasteiger partial charge >= 0.3 is 5.69 Å². The van der Waals surface area contributed by atoms with Crippen LogP contribution in [-0.4, -0.2) is 20.1 Å². The van der Waals surface area contributed by atoms with Gasteiger partial charge in [-0.3, -0.25) is 15.5 Å². The summed E-state index contributed by atoms with van der Waals surface area (Å²) in [5.74, 6) is 5.33. The van der Waals surface area contributed by atoms with E-state index in [-0.39, 0.29) is 16.9 Å². The van der Waals surface area contributed by atoms with Crippen molar-refractivity contribution < 1.29 is 4.92 Å². The van der Waals surface area contributed by atoms with Crippen molar-refractivity contribution in [3.05, 3.63) is 16.3 Å². The van der Waals surface area contributed by atoms with E-state index >= 15 is 0 Å². The molecule has 1 heterocycles. The lowest BCUT2D eigenvalue weighted by Crippen LogP contribution is -2.11. The van der Waals surface area contributed by atoms with Crippen LogP contribution in [-0.2, 0) is 0 Å². The highest BCUT2D eigenvalue weighted by atomic mass is 32.2. The van der Waals surface area contributed by atoms with E-state index in [1.54, 1.807) is 0 Å². The number of thioether (sulfide) groups is 1. The summed E-state index contributed by atoms with van der Waals surface area (Å²) in [7, 11) is 0. The second-order valence-corrected chi connectivity index (χ2v) is 4.55. The number of nitrogens with zero attached hydrogens (tertiary/aromatic N) is 3. The fourth-order valence-corrected chi connectivity index (χ4v) is 1.85. The van der Waals surface area contributed by atoms with Gasteiger partial charge in [-0.25, -0.2) is 10.8 Å². The maximum atomic E-state index is 10.8. The van der Waals surface area contributed by atoms with Crippen molar-refractivity contribution in [3.63, 3.8) is 0 Å². The molecular formula is C8H13N5O2S. The molecule has 0 saturated heterocycles. The summed E-state index contributed by atoms with van der Waals surface area (Å²) < 4.78 is 0. The first-order valence-corrected chi connectivity index (χ1v) is 5.61. The molecule has 0 aliphatic rings. The molecular weight excluding hydrogens is 230 g/mol. The molecule has 0 saturated carbocycles. The molecule has 0 spiro atoms. The average Bonchev–Trinajstić information content (AvgIpc) is 2.28. The smallest absolute Gasteiger partial charge is 0.292 e. The van der Waals surface area contributed by atoms with E-state index < -0.39 is 4.92 Å². The molecule has 0 bridgehead atoms. The first-order chi connectivity index (χ1) is 7.58. The Kier molecular flexibility index (Phi) is 4.44. The Morgan fingerprint density at radius 3 is 2.94 bits per heavy atom. The molecule has 0 fully saturated rings. The topological polar surface area (TPSA) is 107 Å². The number of nitro groups is 1. The van der Waals surface area contributed by atoms with Crippen LogP contribution in [0.2, 0.25) is 0 Å². The van der Waals surface area contributed by atoms with E-state index in [4.69, 9.17) is 5.84 Å². The van der Waals surface area contributed by atoms with E-state index in [1.807, 2.05) is 13.8 Å². The van der Waals surface area contributed by atoms with Gasteiger partial charge in [-0.1, -0.05) is 25.6 Å². The van der Waals surface area contributed by atoms with Crippen LogP contribution in [0.4, 0.5) is 11.6 Å². The molecule has 0 aromatic carbocycles. The van der Waals surface area contributed by atoms with Crippen molar-refractivity contribution in [1.82, 2.24) is 9.97 Å². The van der Waals surface area contributed by atoms with Gasteiger partial charge in [-0.05, 0) is 6.42 Å². The summed E-state index contributed by atoms with van der Waals surface area (Å²) in [5, 5.41) is 11.3. The Bertz CT molecular complexity index is 387. The van der Waals surface area contributed by atoms with Crippen molar-refractivity contribution in [2.75, 3.05) is 5.43 Å². The van der Waals surface area contributed by atoms with Crippen LogP contribution in [0.15, 0.2) is 11.2 Å². The lowest BCUT2D eigenvalue weighted by Gasteiger charge is -2.08. The van der Waals surface area contributed by atoms with Crippen molar-refractivity contribution >= 4 is 23.4 Å². The Hall–Kier alpha value is -1.41. The number of hydrazine groups is 1. The molecule has 0 amide bonds. The third-order valence-electron chi connectivity index (χ3n) is 1.95. The quantitative estimate of drug-likeness (QED) is 0.265. The highest BCUT2D eigenvalue weighted by molar-refractivity contribution is 8.00. The number of nitrogens with one attached hydrogen (secondary N) is 1. The third kappa shape index (κ3) is 3.04. The van der Waals surface area contributed by atoms with Gasteiger partial charge in [0.05, 0.1) is 4.92 Å². The average molecular weight is 243 g/mol. The van der Waals surface area contributed by atoms with Crippen molar-refractivity contribution in [2.45, 2.75) is 30.5 Å². The summed E-state index contributed by atoms with van der Waals surface area (Å²) in [6, 6.07) is 0. The molecule has 3 N–H and O–H groups in total. The van der Waals surface area contributed by atoms with E-state index in [0.717, 1.165) is 12.6 Å². The molecule has 0 aliphatic heterocycles. The summed E-state index contributed by atoms with van der Waals surface area (Å²) in [6.45, 7) is 3.98. The fraction of sp³-hybridized carbons (Fsp3) is 0.500. The number of rotatable bonds is 5. The molecule has 8 heteroatoms. The minimum absolute atomic E-state index is 0.0932. The van der Waals surface area contributed by atoms with Gasteiger partial charge in [-0.2, -0.15) is 4.98 Å². The van der Waals surface area contributed by atoms with Gasteiger partial charge in [0.1, 0.15) is 6.20 Å². The highest BCUT2D eigenvalue weighted by Crippen LogP contribution is 2.31. The number of nitrogen functional groups attached to an aromatic ring is 1. The summed E-state index contributed by atoms with van der Waals surface area (Å²) in [5.41, 5.74) is 2.17. The van der Waals surface area contributed by atoms with Gasteiger partial charge in [0.25, 0.3) is 0 Å². The second-order valence-electron chi connectivity index (χ2n) is 3.12. The van der Waals surface area contributed by atoms with Crippen LogP contribution < -0.4 is 11.3 Å². The van der Waals surface area contributed by atoms with E-state index in [2.05, 4.69) is 15.4 Å². The Morgan fingerprint density at radius 1 is 1.75 bits per heavy atom. The number of aromatic nitrogens is 2. The number of anilines is 1. The molecule has 0 radical (unpaired) electrons. The summed E-state index contributed by atoms with van der Waals surface area (Å²) in [6.07, 6.45) is 2.06. The molecule has 1 aromatic heterocycles. The lowest BCUT2D eigenvalue weighted by atomic mass is 10.4. The van der Waals surface area contributed by atoms with E-state index in [9.17, 15) is 10.1 Å². The maximum absolute atomic E-state index is 10.8. The van der Waals surface area contributed by atoms with E-state index in [1.165, 1.54) is 11.8 Å². The standard InChI is InChI=1S/C8H13N5O2S/c1-3-5(2)16-7-6(13(14)15)4-10-8(11-7)12-9/h4-5H,3,9H2,1-2H3,(H,10,11,12). The molecule has 16 heavy (non-hydrogen) atoms. The zero-order valence-corrected chi connectivity index (χ0v) is 9.82. The molecule has 88 valence electrons. The normalized spacial score (nSPS) is 12.2. The van der Waals surface area contributed by atoms with E-state index in [0.29, 0.717) is 5.03 Å².